The second-order valence-electron chi connectivity index (χ2n) is 7.09. The van der Waals surface area contributed by atoms with E-state index >= 15 is 0 Å². The zero-order valence-electron chi connectivity index (χ0n) is 13.9. The van der Waals surface area contributed by atoms with Crippen LogP contribution in [0.3, 0.4) is 0 Å². The lowest BCUT2D eigenvalue weighted by Crippen LogP contribution is -2.17. The molecule has 0 saturated heterocycles. The zero-order valence-corrected chi connectivity index (χ0v) is 14.9. The molecule has 5 heteroatoms. The fourth-order valence-corrected chi connectivity index (χ4v) is 2.52. The Hall–Kier alpha value is -1.28. The molecule has 0 bridgehead atoms. The zero-order chi connectivity index (χ0) is 16.4. The van der Waals surface area contributed by atoms with Crippen molar-refractivity contribution in [1.82, 2.24) is 0 Å². The summed E-state index contributed by atoms with van der Waals surface area (Å²) >= 11 is 0. The monoisotopic (exact) mass is 312 g/mol. The standard InChI is InChI=1S/C16H25O4P/c1-15(2,3)11-8-9-13(12(10-11)16(4,5)6)20-21(18)14(17)19-7/h8-10,21H,1-7H3. The van der Waals surface area contributed by atoms with E-state index in [1.165, 1.54) is 7.11 Å². The van der Waals surface area contributed by atoms with Crippen molar-refractivity contribution in [2.24, 2.45) is 0 Å². The number of hydrogen-bond donors (Lipinski definition) is 0. The average Bonchev–Trinajstić information content (AvgIpc) is 2.35. The predicted octanol–water partition coefficient (Wildman–Crippen LogP) is 4.90. The molecule has 21 heavy (non-hydrogen) atoms. The lowest BCUT2D eigenvalue weighted by atomic mass is 9.80. The van der Waals surface area contributed by atoms with Gasteiger partial charge in [0.25, 0.3) is 0 Å². The van der Waals surface area contributed by atoms with E-state index < -0.39 is 13.7 Å². The van der Waals surface area contributed by atoms with Crippen LogP contribution in [0.2, 0.25) is 0 Å². The van der Waals surface area contributed by atoms with Crippen molar-refractivity contribution < 1.29 is 18.6 Å². The molecule has 1 aromatic carbocycles. The van der Waals surface area contributed by atoms with E-state index in [4.69, 9.17) is 4.52 Å². The van der Waals surface area contributed by atoms with Crippen LogP contribution in [0.1, 0.15) is 52.7 Å². The number of carbonyl (C=O) groups is 1. The quantitative estimate of drug-likeness (QED) is 0.745. The lowest BCUT2D eigenvalue weighted by Gasteiger charge is -2.26. The van der Waals surface area contributed by atoms with E-state index in [9.17, 15) is 9.36 Å². The van der Waals surface area contributed by atoms with Gasteiger partial charge in [-0.15, -0.1) is 0 Å². The van der Waals surface area contributed by atoms with Crippen molar-refractivity contribution in [3.63, 3.8) is 0 Å². The Bertz CT molecular complexity index is 550. The van der Waals surface area contributed by atoms with Gasteiger partial charge >= 0.3 is 13.7 Å². The molecule has 0 heterocycles. The summed E-state index contributed by atoms with van der Waals surface area (Å²) in [5.74, 6) is 0.477. The summed E-state index contributed by atoms with van der Waals surface area (Å²) in [6.07, 6.45) is 0. The molecule has 0 aromatic heterocycles. The van der Waals surface area contributed by atoms with E-state index in [0.717, 1.165) is 11.1 Å². The summed E-state index contributed by atoms with van der Waals surface area (Å²) in [4.78, 5) is 11.3. The molecule has 0 fully saturated rings. The fraction of sp³-hybridized carbons (Fsp3) is 0.562. The van der Waals surface area contributed by atoms with Gasteiger partial charge in [0.1, 0.15) is 5.75 Å². The third kappa shape index (κ3) is 4.60. The SMILES string of the molecule is COC(=O)[PH](=O)Oc1ccc(C(C)(C)C)cc1C(C)(C)C. The van der Waals surface area contributed by atoms with Gasteiger partial charge in [0, 0.05) is 5.56 Å². The van der Waals surface area contributed by atoms with Crippen molar-refractivity contribution in [2.75, 3.05) is 7.11 Å². The minimum atomic E-state index is -2.91. The molecular weight excluding hydrogens is 287 g/mol. The first-order valence-electron chi connectivity index (χ1n) is 6.92. The summed E-state index contributed by atoms with van der Waals surface area (Å²) in [5, 5.41) is 0. The van der Waals surface area contributed by atoms with E-state index in [-0.39, 0.29) is 10.8 Å². The number of benzene rings is 1. The van der Waals surface area contributed by atoms with Crippen LogP contribution in [0.4, 0.5) is 4.79 Å². The molecule has 1 unspecified atom stereocenters. The van der Waals surface area contributed by atoms with E-state index in [0.29, 0.717) is 5.75 Å². The molecule has 1 atom stereocenters. The van der Waals surface area contributed by atoms with Crippen molar-refractivity contribution in [3.8, 4) is 5.75 Å². The Morgan fingerprint density at radius 2 is 1.62 bits per heavy atom. The molecule has 0 aliphatic heterocycles. The van der Waals surface area contributed by atoms with Crippen LogP contribution in [-0.2, 0) is 20.1 Å². The minimum Gasteiger partial charge on any atom is -0.461 e. The van der Waals surface area contributed by atoms with Gasteiger partial charge in [0.15, 0.2) is 0 Å². The van der Waals surface area contributed by atoms with Crippen molar-refractivity contribution in [1.29, 1.82) is 0 Å². The maximum Gasteiger partial charge on any atom is 0.400 e. The van der Waals surface area contributed by atoms with E-state index in [1.807, 2.05) is 6.07 Å². The molecule has 118 valence electrons. The van der Waals surface area contributed by atoms with Crippen LogP contribution in [0, 0.1) is 0 Å². The molecule has 0 spiro atoms. The van der Waals surface area contributed by atoms with Crippen LogP contribution >= 0.6 is 8.03 Å². The third-order valence-corrected chi connectivity index (χ3v) is 4.15. The van der Waals surface area contributed by atoms with Gasteiger partial charge in [-0.2, -0.15) is 0 Å². The Kier molecular flexibility index (Phi) is 5.27. The Labute approximate surface area is 127 Å². The van der Waals surface area contributed by atoms with Crippen LogP contribution in [0.15, 0.2) is 18.2 Å². The molecule has 4 nitrogen and oxygen atoms in total. The summed E-state index contributed by atoms with van der Waals surface area (Å²) in [7, 11) is -1.71. The van der Waals surface area contributed by atoms with Gasteiger partial charge in [0.05, 0.1) is 7.11 Å². The number of methoxy groups -OCH3 is 1. The minimum absolute atomic E-state index is 0.00608. The highest BCUT2D eigenvalue weighted by atomic mass is 31.1. The highest BCUT2D eigenvalue weighted by Crippen LogP contribution is 2.39. The highest BCUT2D eigenvalue weighted by Gasteiger charge is 2.25. The number of carbonyl (C=O) groups excluding carboxylic acids is 1. The first-order valence-corrected chi connectivity index (χ1v) is 8.23. The van der Waals surface area contributed by atoms with Gasteiger partial charge in [-0.3, -0.25) is 4.57 Å². The Morgan fingerprint density at radius 3 is 2.05 bits per heavy atom. The van der Waals surface area contributed by atoms with Crippen LogP contribution in [-0.4, -0.2) is 12.8 Å². The second kappa shape index (κ2) is 6.23. The number of rotatable bonds is 3. The van der Waals surface area contributed by atoms with Gasteiger partial charge in [-0.25, -0.2) is 4.79 Å². The highest BCUT2D eigenvalue weighted by molar-refractivity contribution is 7.58. The molecule has 0 N–H and O–H groups in total. The second-order valence-corrected chi connectivity index (χ2v) is 8.28. The summed E-state index contributed by atoms with van der Waals surface area (Å²) < 4.78 is 21.6. The number of hydrogen-bond acceptors (Lipinski definition) is 4. The molecular formula is C16H25O4P. The van der Waals surface area contributed by atoms with Gasteiger partial charge in [0.2, 0.25) is 0 Å². The lowest BCUT2D eigenvalue weighted by molar-refractivity contribution is 0.195. The van der Waals surface area contributed by atoms with Crippen LogP contribution < -0.4 is 4.52 Å². The molecule has 0 aliphatic rings. The summed E-state index contributed by atoms with van der Waals surface area (Å²) in [5.41, 5.74) is 1.09. The van der Waals surface area contributed by atoms with Crippen LogP contribution in [0.25, 0.3) is 0 Å². The van der Waals surface area contributed by atoms with Crippen molar-refractivity contribution >= 4 is 13.7 Å². The Balaban J connectivity index is 3.27. The maximum absolute atomic E-state index is 11.8. The maximum atomic E-state index is 11.8. The first kappa shape index (κ1) is 17.8. The molecule has 0 saturated carbocycles. The first-order chi connectivity index (χ1) is 9.46. The van der Waals surface area contributed by atoms with E-state index in [1.54, 1.807) is 6.07 Å². The smallest absolute Gasteiger partial charge is 0.400 e. The van der Waals surface area contributed by atoms with Gasteiger partial charge < -0.3 is 9.26 Å². The average molecular weight is 312 g/mol. The molecule has 0 amide bonds. The molecule has 1 aromatic rings. The van der Waals surface area contributed by atoms with Gasteiger partial charge in [-0.05, 0) is 22.5 Å². The van der Waals surface area contributed by atoms with Crippen molar-refractivity contribution in [2.45, 2.75) is 52.4 Å². The topological polar surface area (TPSA) is 52.6 Å². The fourth-order valence-electron chi connectivity index (χ4n) is 1.90. The third-order valence-electron chi connectivity index (χ3n) is 3.21. The summed E-state index contributed by atoms with van der Waals surface area (Å²) in [6.45, 7) is 12.6. The van der Waals surface area contributed by atoms with Crippen molar-refractivity contribution in [3.05, 3.63) is 29.3 Å². The Morgan fingerprint density at radius 1 is 1.05 bits per heavy atom. The summed E-state index contributed by atoms with van der Waals surface area (Å²) in [6, 6.07) is 5.78. The largest absolute Gasteiger partial charge is 0.461 e. The molecule has 0 aliphatic carbocycles. The predicted molar refractivity (Wildman–Crippen MR) is 85.9 cm³/mol. The normalized spacial score (nSPS) is 13.7. The molecule has 1 rings (SSSR count). The number of ether oxygens (including phenoxy) is 1. The van der Waals surface area contributed by atoms with Crippen LogP contribution in [0.5, 0.6) is 5.75 Å². The molecule has 0 radical (unpaired) electrons. The van der Waals surface area contributed by atoms with E-state index in [2.05, 4.69) is 52.3 Å². The van der Waals surface area contributed by atoms with Gasteiger partial charge in [-0.1, -0.05) is 53.7 Å².